The van der Waals surface area contributed by atoms with Crippen LogP contribution in [0.25, 0.3) is 0 Å². The third kappa shape index (κ3) is 3.18. The molecule has 2 N–H and O–H groups in total. The molecule has 1 aromatic carbocycles. The number of rotatable bonds is 3. The summed E-state index contributed by atoms with van der Waals surface area (Å²) in [6, 6.07) is 8.64. The minimum atomic E-state index is -0.282. The molecule has 4 nitrogen and oxygen atoms in total. The van der Waals surface area contributed by atoms with Crippen LogP contribution in [0, 0.1) is 0 Å². The SMILES string of the molecule is O=C(NC1CC(c2ccc(Cl)c(Cl)c2)C1)c1cc[nH]c(=O)c1. The molecule has 0 spiro atoms. The number of carbonyl (C=O) groups is 1. The van der Waals surface area contributed by atoms with Crippen molar-refractivity contribution >= 4 is 29.1 Å². The molecule has 6 heteroatoms. The molecule has 1 aliphatic rings. The summed E-state index contributed by atoms with van der Waals surface area (Å²) in [7, 11) is 0. The van der Waals surface area contributed by atoms with E-state index in [1.165, 1.54) is 12.3 Å². The van der Waals surface area contributed by atoms with Gasteiger partial charge in [-0.15, -0.1) is 0 Å². The van der Waals surface area contributed by atoms with E-state index in [1.54, 1.807) is 12.1 Å². The number of nitrogens with one attached hydrogen (secondary N) is 2. The number of hydrogen-bond donors (Lipinski definition) is 2. The smallest absolute Gasteiger partial charge is 0.251 e. The van der Waals surface area contributed by atoms with Crippen molar-refractivity contribution in [3.05, 3.63) is 68.1 Å². The molecule has 0 unspecified atom stereocenters. The summed E-state index contributed by atoms with van der Waals surface area (Å²) in [4.78, 5) is 25.7. The summed E-state index contributed by atoms with van der Waals surface area (Å²) >= 11 is 11.9. The number of benzene rings is 1. The average molecular weight is 337 g/mol. The van der Waals surface area contributed by atoms with Crippen LogP contribution in [0.1, 0.15) is 34.7 Å². The highest BCUT2D eigenvalue weighted by atomic mass is 35.5. The van der Waals surface area contributed by atoms with Gasteiger partial charge in [-0.2, -0.15) is 0 Å². The fourth-order valence-electron chi connectivity index (χ4n) is 2.63. The van der Waals surface area contributed by atoms with Crippen molar-refractivity contribution in [1.29, 1.82) is 0 Å². The lowest BCUT2D eigenvalue weighted by atomic mass is 9.76. The normalized spacial score (nSPS) is 20.3. The van der Waals surface area contributed by atoms with Crippen molar-refractivity contribution in [2.45, 2.75) is 24.8 Å². The highest BCUT2D eigenvalue weighted by Crippen LogP contribution is 2.38. The molecule has 0 radical (unpaired) electrons. The Morgan fingerprint density at radius 3 is 2.59 bits per heavy atom. The largest absolute Gasteiger partial charge is 0.349 e. The van der Waals surface area contributed by atoms with Gasteiger partial charge in [0, 0.05) is 23.9 Å². The van der Waals surface area contributed by atoms with Crippen LogP contribution < -0.4 is 10.9 Å². The minimum Gasteiger partial charge on any atom is -0.349 e. The molecular formula is C16H14Cl2N2O2. The molecule has 1 aliphatic carbocycles. The zero-order valence-electron chi connectivity index (χ0n) is 11.6. The van der Waals surface area contributed by atoms with Crippen molar-refractivity contribution in [2.75, 3.05) is 0 Å². The number of halogens is 2. The average Bonchev–Trinajstić information content (AvgIpc) is 2.45. The van der Waals surface area contributed by atoms with Crippen LogP contribution in [0.5, 0.6) is 0 Å². The van der Waals surface area contributed by atoms with Crippen molar-refractivity contribution < 1.29 is 4.79 Å². The molecule has 2 aromatic rings. The molecule has 1 fully saturated rings. The van der Waals surface area contributed by atoms with Crippen molar-refractivity contribution in [3.63, 3.8) is 0 Å². The van der Waals surface area contributed by atoms with Crippen LogP contribution in [-0.2, 0) is 0 Å². The molecule has 1 saturated carbocycles. The molecule has 0 saturated heterocycles. The minimum absolute atomic E-state index is 0.117. The molecule has 1 heterocycles. The summed E-state index contributed by atoms with van der Waals surface area (Å²) in [5.74, 6) is 0.155. The Morgan fingerprint density at radius 2 is 1.91 bits per heavy atom. The molecule has 1 aromatic heterocycles. The molecule has 0 bridgehead atoms. The number of amides is 1. The number of aromatic nitrogens is 1. The molecule has 1 amide bonds. The quantitative estimate of drug-likeness (QED) is 0.902. The number of H-pyrrole nitrogens is 1. The summed E-state index contributed by atoms with van der Waals surface area (Å²) in [6.07, 6.45) is 3.18. The number of pyridine rings is 1. The zero-order chi connectivity index (χ0) is 15.7. The first-order chi connectivity index (χ1) is 10.5. The van der Waals surface area contributed by atoms with E-state index in [4.69, 9.17) is 23.2 Å². The molecule has 3 rings (SSSR count). The van der Waals surface area contributed by atoms with Gasteiger partial charge < -0.3 is 10.3 Å². The van der Waals surface area contributed by atoms with Crippen LogP contribution in [0.4, 0.5) is 0 Å². The second-order valence-corrected chi connectivity index (χ2v) is 6.27. The lowest BCUT2D eigenvalue weighted by Crippen LogP contribution is -2.43. The van der Waals surface area contributed by atoms with Crippen LogP contribution in [-0.4, -0.2) is 16.9 Å². The highest BCUT2D eigenvalue weighted by Gasteiger charge is 2.31. The maximum absolute atomic E-state index is 12.0. The van der Waals surface area contributed by atoms with Gasteiger partial charge in [-0.3, -0.25) is 9.59 Å². The number of carbonyl (C=O) groups excluding carboxylic acids is 1. The maximum Gasteiger partial charge on any atom is 0.251 e. The van der Waals surface area contributed by atoms with Gasteiger partial charge in [0.2, 0.25) is 5.56 Å². The number of hydrogen-bond acceptors (Lipinski definition) is 2. The summed E-state index contributed by atoms with van der Waals surface area (Å²) in [6.45, 7) is 0. The van der Waals surface area contributed by atoms with Crippen molar-refractivity contribution in [1.82, 2.24) is 10.3 Å². The lowest BCUT2D eigenvalue weighted by molar-refractivity contribution is 0.0908. The maximum atomic E-state index is 12.0. The lowest BCUT2D eigenvalue weighted by Gasteiger charge is -2.36. The number of aromatic amines is 1. The van der Waals surface area contributed by atoms with E-state index in [9.17, 15) is 9.59 Å². The molecule has 114 valence electrons. The third-order valence-corrected chi connectivity index (χ3v) is 4.66. The van der Waals surface area contributed by atoms with E-state index >= 15 is 0 Å². The van der Waals surface area contributed by atoms with E-state index in [2.05, 4.69) is 10.3 Å². The summed E-state index contributed by atoms with van der Waals surface area (Å²) in [5, 5.41) is 4.03. The Morgan fingerprint density at radius 1 is 1.14 bits per heavy atom. The van der Waals surface area contributed by atoms with E-state index < -0.39 is 0 Å². The fourth-order valence-corrected chi connectivity index (χ4v) is 2.94. The fraction of sp³-hybridized carbons (Fsp3) is 0.250. The predicted molar refractivity (Wildman–Crippen MR) is 86.8 cm³/mol. The Kier molecular flexibility index (Phi) is 4.23. The Labute approximate surface area is 137 Å². The first-order valence-electron chi connectivity index (χ1n) is 6.97. The van der Waals surface area contributed by atoms with Gasteiger partial charge in [0.1, 0.15) is 0 Å². The molecule has 0 atom stereocenters. The molecule has 22 heavy (non-hydrogen) atoms. The Hall–Kier alpha value is -1.78. The molecule has 0 aliphatic heterocycles. The third-order valence-electron chi connectivity index (χ3n) is 3.93. The predicted octanol–water partition coefficient (Wildman–Crippen LogP) is 3.36. The van der Waals surface area contributed by atoms with Crippen LogP contribution in [0.2, 0.25) is 10.0 Å². The van der Waals surface area contributed by atoms with Crippen molar-refractivity contribution in [3.8, 4) is 0 Å². The van der Waals surface area contributed by atoms with Crippen molar-refractivity contribution in [2.24, 2.45) is 0 Å². The van der Waals surface area contributed by atoms with Gasteiger partial charge in [-0.1, -0.05) is 29.3 Å². The van der Waals surface area contributed by atoms with Gasteiger partial charge in [-0.05, 0) is 42.5 Å². The van der Waals surface area contributed by atoms with Crippen LogP contribution in [0.3, 0.4) is 0 Å². The highest BCUT2D eigenvalue weighted by molar-refractivity contribution is 6.42. The van der Waals surface area contributed by atoms with E-state index in [0.29, 0.717) is 21.5 Å². The van der Waals surface area contributed by atoms with Crippen LogP contribution in [0.15, 0.2) is 41.3 Å². The van der Waals surface area contributed by atoms with Gasteiger partial charge in [-0.25, -0.2) is 0 Å². The van der Waals surface area contributed by atoms with E-state index in [0.717, 1.165) is 18.4 Å². The second-order valence-electron chi connectivity index (χ2n) is 5.45. The first-order valence-corrected chi connectivity index (χ1v) is 7.73. The topological polar surface area (TPSA) is 62.0 Å². The zero-order valence-corrected chi connectivity index (χ0v) is 13.1. The monoisotopic (exact) mass is 336 g/mol. The Bertz CT molecular complexity index is 767. The second kappa shape index (κ2) is 6.15. The van der Waals surface area contributed by atoms with Gasteiger partial charge in [0.25, 0.3) is 5.91 Å². The molecular weight excluding hydrogens is 323 g/mol. The van der Waals surface area contributed by atoms with Gasteiger partial charge >= 0.3 is 0 Å². The summed E-state index contributed by atoms with van der Waals surface area (Å²) in [5.41, 5.74) is 1.23. The Balaban J connectivity index is 1.58. The van der Waals surface area contributed by atoms with Crippen LogP contribution >= 0.6 is 23.2 Å². The standard InChI is InChI=1S/C16H14Cl2N2O2/c17-13-2-1-9(7-14(13)18)11-5-12(6-11)20-16(22)10-3-4-19-15(21)8-10/h1-4,7-8,11-12H,5-6H2,(H,19,21)(H,20,22). The first kappa shape index (κ1) is 15.1. The van der Waals surface area contributed by atoms with E-state index in [1.807, 2.05) is 12.1 Å². The van der Waals surface area contributed by atoms with E-state index in [-0.39, 0.29) is 17.5 Å². The van der Waals surface area contributed by atoms with Gasteiger partial charge in [0.05, 0.1) is 10.0 Å². The summed E-state index contributed by atoms with van der Waals surface area (Å²) < 4.78 is 0. The van der Waals surface area contributed by atoms with Gasteiger partial charge in [0.15, 0.2) is 0 Å².